The molecule has 0 spiro atoms. The van der Waals surface area contributed by atoms with E-state index >= 15 is 0 Å². The molecule has 1 N–H and O–H groups in total. The van der Waals surface area contributed by atoms with Crippen LogP contribution in [0.15, 0.2) is 0 Å². The fourth-order valence-electron chi connectivity index (χ4n) is 2.44. The Kier molecular flexibility index (Phi) is 1.95. The number of carbonyl (C=O) groups excluding carboxylic acids is 1. The van der Waals surface area contributed by atoms with E-state index in [1.54, 1.807) is 0 Å². The SMILES string of the molecule is O=CC1CCC2CCNC2C1. The van der Waals surface area contributed by atoms with Gasteiger partial charge in [0.25, 0.3) is 0 Å². The molecule has 0 aromatic rings. The smallest absolute Gasteiger partial charge is 0.123 e. The van der Waals surface area contributed by atoms with Gasteiger partial charge in [0.1, 0.15) is 6.29 Å². The molecule has 1 saturated heterocycles. The largest absolute Gasteiger partial charge is 0.314 e. The van der Waals surface area contributed by atoms with Crippen LogP contribution in [0.2, 0.25) is 0 Å². The number of hydrogen-bond donors (Lipinski definition) is 1. The van der Waals surface area contributed by atoms with Crippen molar-refractivity contribution in [2.45, 2.75) is 31.7 Å². The van der Waals surface area contributed by atoms with Crippen LogP contribution in [0.25, 0.3) is 0 Å². The summed E-state index contributed by atoms with van der Waals surface area (Å²) in [5, 5.41) is 3.46. The Morgan fingerprint density at radius 2 is 2.18 bits per heavy atom. The Labute approximate surface area is 67.4 Å². The van der Waals surface area contributed by atoms with Gasteiger partial charge in [-0.15, -0.1) is 0 Å². The molecule has 0 radical (unpaired) electrons. The Balaban J connectivity index is 1.96. The second-order valence-corrected chi connectivity index (χ2v) is 3.82. The second-order valence-electron chi connectivity index (χ2n) is 3.82. The quantitative estimate of drug-likeness (QED) is 0.568. The van der Waals surface area contributed by atoms with E-state index in [1.807, 2.05) is 0 Å². The zero-order valence-electron chi connectivity index (χ0n) is 6.75. The number of carbonyl (C=O) groups is 1. The van der Waals surface area contributed by atoms with Crippen molar-refractivity contribution >= 4 is 6.29 Å². The van der Waals surface area contributed by atoms with E-state index in [9.17, 15) is 4.79 Å². The summed E-state index contributed by atoms with van der Waals surface area (Å²) in [7, 11) is 0. The van der Waals surface area contributed by atoms with Crippen LogP contribution in [0.1, 0.15) is 25.7 Å². The van der Waals surface area contributed by atoms with Gasteiger partial charge in [-0.1, -0.05) is 0 Å². The van der Waals surface area contributed by atoms with Crippen LogP contribution in [0.4, 0.5) is 0 Å². The maximum atomic E-state index is 10.5. The molecule has 3 unspecified atom stereocenters. The summed E-state index contributed by atoms with van der Waals surface area (Å²) in [6.07, 6.45) is 5.95. The molecule has 11 heavy (non-hydrogen) atoms. The van der Waals surface area contributed by atoms with E-state index in [0.717, 1.165) is 25.0 Å². The van der Waals surface area contributed by atoms with Crippen molar-refractivity contribution in [3.05, 3.63) is 0 Å². The molecule has 0 aromatic carbocycles. The van der Waals surface area contributed by atoms with Gasteiger partial charge in [0, 0.05) is 12.0 Å². The summed E-state index contributed by atoms with van der Waals surface area (Å²) >= 11 is 0. The lowest BCUT2D eigenvalue weighted by Gasteiger charge is -2.28. The van der Waals surface area contributed by atoms with Gasteiger partial charge in [0.2, 0.25) is 0 Å². The van der Waals surface area contributed by atoms with Crippen LogP contribution in [-0.4, -0.2) is 18.9 Å². The Morgan fingerprint density at radius 3 is 3.00 bits per heavy atom. The van der Waals surface area contributed by atoms with Gasteiger partial charge in [-0.3, -0.25) is 0 Å². The van der Waals surface area contributed by atoms with Crippen molar-refractivity contribution in [1.82, 2.24) is 5.32 Å². The molecule has 2 nitrogen and oxygen atoms in total. The first kappa shape index (κ1) is 7.29. The summed E-state index contributed by atoms with van der Waals surface area (Å²) in [5.74, 6) is 1.23. The van der Waals surface area contributed by atoms with Gasteiger partial charge >= 0.3 is 0 Å². The summed E-state index contributed by atoms with van der Waals surface area (Å²) in [4.78, 5) is 10.5. The second kappa shape index (κ2) is 2.94. The predicted molar refractivity (Wildman–Crippen MR) is 43.3 cm³/mol. The first-order valence-electron chi connectivity index (χ1n) is 4.59. The predicted octanol–water partition coefficient (Wildman–Crippen LogP) is 0.964. The highest BCUT2D eigenvalue weighted by atomic mass is 16.1. The first-order valence-corrected chi connectivity index (χ1v) is 4.59. The fourth-order valence-corrected chi connectivity index (χ4v) is 2.44. The van der Waals surface area contributed by atoms with E-state index in [4.69, 9.17) is 0 Å². The summed E-state index contributed by atoms with van der Waals surface area (Å²) < 4.78 is 0. The third-order valence-corrected chi connectivity index (χ3v) is 3.15. The van der Waals surface area contributed by atoms with Crippen molar-refractivity contribution in [3.8, 4) is 0 Å². The molecule has 0 aromatic heterocycles. The lowest BCUT2D eigenvalue weighted by molar-refractivity contribution is -0.112. The maximum Gasteiger partial charge on any atom is 0.123 e. The number of hydrogen-bond acceptors (Lipinski definition) is 2. The minimum absolute atomic E-state index is 0.349. The van der Waals surface area contributed by atoms with Crippen molar-refractivity contribution < 1.29 is 4.79 Å². The number of aldehydes is 1. The average molecular weight is 153 g/mol. The molecular formula is C9H15NO. The normalized spacial score (nSPS) is 43.5. The number of nitrogens with one attached hydrogen (secondary N) is 1. The molecule has 62 valence electrons. The lowest BCUT2D eigenvalue weighted by atomic mass is 9.80. The monoisotopic (exact) mass is 153 g/mol. The molecule has 3 atom stereocenters. The van der Waals surface area contributed by atoms with Gasteiger partial charge < -0.3 is 10.1 Å². The van der Waals surface area contributed by atoms with Gasteiger partial charge in [-0.2, -0.15) is 0 Å². The minimum Gasteiger partial charge on any atom is -0.314 e. The Morgan fingerprint density at radius 1 is 1.27 bits per heavy atom. The van der Waals surface area contributed by atoms with Gasteiger partial charge in [-0.05, 0) is 38.1 Å². The van der Waals surface area contributed by atoms with Crippen LogP contribution >= 0.6 is 0 Å². The van der Waals surface area contributed by atoms with Crippen LogP contribution in [0.3, 0.4) is 0 Å². The van der Waals surface area contributed by atoms with E-state index in [-0.39, 0.29) is 0 Å². The number of fused-ring (bicyclic) bond motifs is 1. The van der Waals surface area contributed by atoms with Crippen LogP contribution in [-0.2, 0) is 4.79 Å². The summed E-state index contributed by atoms with van der Waals surface area (Å²) in [6.45, 7) is 1.17. The molecule has 1 saturated carbocycles. The minimum atomic E-state index is 0.349. The molecule has 1 heterocycles. The highest BCUT2D eigenvalue weighted by Gasteiger charge is 2.33. The van der Waals surface area contributed by atoms with Crippen LogP contribution < -0.4 is 5.32 Å². The van der Waals surface area contributed by atoms with Crippen molar-refractivity contribution in [1.29, 1.82) is 0 Å². The van der Waals surface area contributed by atoms with E-state index in [1.165, 1.54) is 19.4 Å². The molecule has 2 fully saturated rings. The highest BCUT2D eigenvalue weighted by molar-refractivity contribution is 5.53. The first-order chi connectivity index (χ1) is 5.40. The van der Waals surface area contributed by atoms with Crippen LogP contribution in [0, 0.1) is 11.8 Å². The molecule has 0 amide bonds. The maximum absolute atomic E-state index is 10.5. The highest BCUT2D eigenvalue weighted by Crippen LogP contribution is 2.32. The number of rotatable bonds is 1. The summed E-state index contributed by atoms with van der Waals surface area (Å²) in [6, 6.07) is 0.666. The lowest BCUT2D eigenvalue weighted by Crippen LogP contribution is -2.33. The van der Waals surface area contributed by atoms with Crippen molar-refractivity contribution in [2.75, 3.05) is 6.54 Å². The van der Waals surface area contributed by atoms with E-state index in [0.29, 0.717) is 12.0 Å². The van der Waals surface area contributed by atoms with E-state index < -0.39 is 0 Å². The topological polar surface area (TPSA) is 29.1 Å². The fraction of sp³-hybridized carbons (Fsp3) is 0.889. The molecular weight excluding hydrogens is 138 g/mol. The summed E-state index contributed by atoms with van der Waals surface area (Å²) in [5.41, 5.74) is 0. The third kappa shape index (κ3) is 1.32. The zero-order valence-corrected chi connectivity index (χ0v) is 6.75. The van der Waals surface area contributed by atoms with Gasteiger partial charge in [-0.25, -0.2) is 0 Å². The van der Waals surface area contributed by atoms with Gasteiger partial charge in [0.15, 0.2) is 0 Å². The van der Waals surface area contributed by atoms with E-state index in [2.05, 4.69) is 5.32 Å². The van der Waals surface area contributed by atoms with Crippen LogP contribution in [0.5, 0.6) is 0 Å². The Hall–Kier alpha value is -0.370. The Bertz CT molecular complexity index is 158. The molecule has 2 aliphatic rings. The molecule has 0 bridgehead atoms. The molecule has 2 rings (SSSR count). The zero-order chi connectivity index (χ0) is 7.68. The van der Waals surface area contributed by atoms with Crippen molar-refractivity contribution in [3.63, 3.8) is 0 Å². The van der Waals surface area contributed by atoms with Gasteiger partial charge in [0.05, 0.1) is 0 Å². The average Bonchev–Trinajstić information content (AvgIpc) is 2.50. The molecule has 1 aliphatic heterocycles. The van der Waals surface area contributed by atoms with Crippen molar-refractivity contribution in [2.24, 2.45) is 11.8 Å². The third-order valence-electron chi connectivity index (χ3n) is 3.15. The molecule has 2 heteroatoms. The standard InChI is InChI=1S/C9H15NO/c11-6-7-1-2-8-3-4-10-9(8)5-7/h6-10H,1-5H2. The molecule has 1 aliphatic carbocycles.